The lowest BCUT2D eigenvalue weighted by Gasteiger charge is -2.31. The minimum absolute atomic E-state index is 0.467. The molecule has 0 aromatic rings. The van der Waals surface area contributed by atoms with Crippen LogP contribution in [0.5, 0.6) is 0 Å². The first-order chi connectivity index (χ1) is 10.7. The Balaban J connectivity index is 2.46. The molecule has 1 nitrogen and oxygen atoms in total. The van der Waals surface area contributed by atoms with E-state index in [4.69, 9.17) is 12.8 Å². The van der Waals surface area contributed by atoms with E-state index in [9.17, 15) is 0 Å². The summed E-state index contributed by atoms with van der Waals surface area (Å²) < 4.78 is 0. The molecule has 0 amide bonds. The maximum absolute atomic E-state index is 5.46. The highest BCUT2D eigenvalue weighted by Crippen LogP contribution is 2.44. The molecular formula is C21H32N. The van der Waals surface area contributed by atoms with Crippen molar-refractivity contribution in [3.63, 3.8) is 0 Å². The first kappa shape index (κ1) is 18.9. The van der Waals surface area contributed by atoms with E-state index in [1.54, 1.807) is 0 Å². The van der Waals surface area contributed by atoms with Crippen LogP contribution in [-0.4, -0.2) is 23.5 Å². The Morgan fingerprint density at radius 1 is 1.23 bits per heavy atom. The number of terminal acetylenes is 2. The van der Waals surface area contributed by atoms with Gasteiger partial charge in [-0.05, 0) is 51.5 Å². The van der Waals surface area contributed by atoms with Crippen molar-refractivity contribution in [2.24, 2.45) is 0 Å². The van der Waals surface area contributed by atoms with E-state index in [0.717, 1.165) is 38.8 Å². The van der Waals surface area contributed by atoms with Gasteiger partial charge >= 0.3 is 0 Å². The fraction of sp³-hybridized carbons (Fsp3) is 0.667. The predicted octanol–water partition coefficient (Wildman–Crippen LogP) is 4.99. The number of allylic oxidation sites excluding steroid dienone is 2. The second kappa shape index (κ2) is 10.5. The minimum Gasteiger partial charge on any atom is -0.297 e. The number of nitrogens with zero attached hydrogens (tertiary/aromatic N) is 1. The van der Waals surface area contributed by atoms with Crippen LogP contribution >= 0.6 is 0 Å². The van der Waals surface area contributed by atoms with Gasteiger partial charge in [0.2, 0.25) is 0 Å². The van der Waals surface area contributed by atoms with E-state index < -0.39 is 0 Å². The summed E-state index contributed by atoms with van der Waals surface area (Å²) in [6.07, 6.45) is 25.6. The SMILES string of the molecule is C#C[CH]CC(=CCCC)CCCN(CCC#C)C1(CC)CC1. The molecule has 1 radical (unpaired) electrons. The summed E-state index contributed by atoms with van der Waals surface area (Å²) in [5, 5.41) is 0. The van der Waals surface area contributed by atoms with E-state index in [0.29, 0.717) is 5.54 Å². The van der Waals surface area contributed by atoms with E-state index in [2.05, 4.69) is 36.7 Å². The van der Waals surface area contributed by atoms with Crippen molar-refractivity contribution >= 4 is 0 Å². The average molecular weight is 298 g/mol. The van der Waals surface area contributed by atoms with Crippen LogP contribution in [0.25, 0.3) is 0 Å². The molecule has 1 fully saturated rings. The molecule has 22 heavy (non-hydrogen) atoms. The highest BCUT2D eigenvalue weighted by molar-refractivity contribution is 5.13. The lowest BCUT2D eigenvalue weighted by Crippen LogP contribution is -2.38. The fourth-order valence-electron chi connectivity index (χ4n) is 3.15. The van der Waals surface area contributed by atoms with Gasteiger partial charge in [0.15, 0.2) is 0 Å². The Bertz CT molecular complexity index is 414. The molecule has 0 unspecified atom stereocenters. The summed E-state index contributed by atoms with van der Waals surface area (Å²) >= 11 is 0. The van der Waals surface area contributed by atoms with Gasteiger partial charge in [0.05, 0.1) is 0 Å². The summed E-state index contributed by atoms with van der Waals surface area (Å²) in [5.74, 6) is 5.44. The zero-order chi connectivity index (χ0) is 16.3. The molecule has 0 spiro atoms. The molecule has 0 N–H and O–H groups in total. The summed E-state index contributed by atoms with van der Waals surface area (Å²) in [4.78, 5) is 2.65. The molecule has 0 heterocycles. The zero-order valence-corrected chi connectivity index (χ0v) is 14.5. The Labute approximate surface area is 138 Å². The van der Waals surface area contributed by atoms with Crippen LogP contribution in [0.15, 0.2) is 11.6 Å². The maximum atomic E-state index is 5.46. The molecule has 0 aliphatic heterocycles. The standard InChI is InChI=1S/C21H32N/c1-5-9-13-20(14-10-6-2)15-12-19-22(18-11-7-3)21(8-4)16-17-21/h1,3,9,14H,6,8,10-13,15-19H2,2,4H3. The summed E-state index contributed by atoms with van der Waals surface area (Å²) in [7, 11) is 0. The van der Waals surface area contributed by atoms with E-state index in [1.165, 1.54) is 37.7 Å². The minimum atomic E-state index is 0.467. The Morgan fingerprint density at radius 3 is 2.55 bits per heavy atom. The van der Waals surface area contributed by atoms with Gasteiger partial charge in [-0.3, -0.25) is 4.90 Å². The topological polar surface area (TPSA) is 3.24 Å². The molecule has 1 aliphatic carbocycles. The molecule has 0 bridgehead atoms. The van der Waals surface area contributed by atoms with Crippen LogP contribution in [0.3, 0.4) is 0 Å². The van der Waals surface area contributed by atoms with Crippen LogP contribution in [0.1, 0.15) is 71.6 Å². The van der Waals surface area contributed by atoms with Crippen molar-refractivity contribution in [2.75, 3.05) is 13.1 Å². The molecule has 1 rings (SSSR count). The van der Waals surface area contributed by atoms with Crippen molar-refractivity contribution in [3.8, 4) is 24.7 Å². The quantitative estimate of drug-likeness (QED) is 0.362. The van der Waals surface area contributed by atoms with Crippen LogP contribution in [0.2, 0.25) is 0 Å². The molecule has 0 saturated heterocycles. The van der Waals surface area contributed by atoms with Gasteiger partial charge in [-0.2, -0.15) is 0 Å². The lowest BCUT2D eigenvalue weighted by molar-refractivity contribution is 0.173. The highest BCUT2D eigenvalue weighted by Gasteiger charge is 2.45. The molecular weight excluding hydrogens is 266 g/mol. The normalized spacial score (nSPS) is 16.3. The van der Waals surface area contributed by atoms with Crippen LogP contribution in [0, 0.1) is 31.1 Å². The molecule has 0 aromatic carbocycles. The van der Waals surface area contributed by atoms with Crippen LogP contribution in [-0.2, 0) is 0 Å². The van der Waals surface area contributed by atoms with Gasteiger partial charge in [0.25, 0.3) is 0 Å². The number of rotatable bonds is 12. The van der Waals surface area contributed by atoms with Gasteiger partial charge in [-0.15, -0.1) is 24.7 Å². The first-order valence-electron chi connectivity index (χ1n) is 8.86. The first-order valence-corrected chi connectivity index (χ1v) is 8.86. The van der Waals surface area contributed by atoms with Crippen LogP contribution in [0.4, 0.5) is 0 Å². The largest absolute Gasteiger partial charge is 0.297 e. The van der Waals surface area contributed by atoms with Crippen molar-refractivity contribution < 1.29 is 0 Å². The van der Waals surface area contributed by atoms with Crippen molar-refractivity contribution in [1.82, 2.24) is 4.90 Å². The van der Waals surface area contributed by atoms with Crippen molar-refractivity contribution in [1.29, 1.82) is 0 Å². The van der Waals surface area contributed by atoms with Gasteiger partial charge < -0.3 is 0 Å². The lowest BCUT2D eigenvalue weighted by atomic mass is 10.0. The Hall–Kier alpha value is -1.18. The van der Waals surface area contributed by atoms with Crippen molar-refractivity contribution in [2.45, 2.75) is 77.2 Å². The molecule has 0 atom stereocenters. The number of unbranched alkanes of at least 4 members (excludes halogenated alkanes) is 1. The van der Waals surface area contributed by atoms with Crippen molar-refractivity contribution in [3.05, 3.63) is 18.1 Å². The van der Waals surface area contributed by atoms with Gasteiger partial charge in [0.1, 0.15) is 0 Å². The molecule has 1 aliphatic rings. The smallest absolute Gasteiger partial charge is 0.0378 e. The third kappa shape index (κ3) is 6.29. The second-order valence-corrected chi connectivity index (χ2v) is 6.35. The second-order valence-electron chi connectivity index (χ2n) is 6.35. The molecule has 0 aromatic heterocycles. The summed E-state index contributed by atoms with van der Waals surface area (Å²) in [5.41, 5.74) is 1.97. The molecule has 121 valence electrons. The third-order valence-corrected chi connectivity index (χ3v) is 4.81. The Morgan fingerprint density at radius 2 is 2.00 bits per heavy atom. The predicted molar refractivity (Wildman–Crippen MR) is 97.3 cm³/mol. The third-order valence-electron chi connectivity index (χ3n) is 4.81. The summed E-state index contributed by atoms with van der Waals surface area (Å²) in [6.45, 7) is 6.74. The van der Waals surface area contributed by atoms with E-state index in [-0.39, 0.29) is 0 Å². The molecule has 1 saturated carbocycles. The molecule has 1 heteroatoms. The number of hydrogen-bond donors (Lipinski definition) is 0. The summed E-state index contributed by atoms with van der Waals surface area (Å²) in [6, 6.07) is 0. The number of hydrogen-bond acceptors (Lipinski definition) is 1. The average Bonchev–Trinajstić information content (AvgIpc) is 3.33. The van der Waals surface area contributed by atoms with Crippen LogP contribution < -0.4 is 0 Å². The van der Waals surface area contributed by atoms with E-state index in [1.807, 2.05) is 6.42 Å². The van der Waals surface area contributed by atoms with Gasteiger partial charge in [0, 0.05) is 24.9 Å². The Kier molecular flexibility index (Phi) is 9.03. The van der Waals surface area contributed by atoms with Gasteiger partial charge in [-0.1, -0.05) is 31.9 Å². The van der Waals surface area contributed by atoms with E-state index >= 15 is 0 Å². The fourth-order valence-corrected chi connectivity index (χ4v) is 3.15. The maximum Gasteiger partial charge on any atom is 0.0378 e. The zero-order valence-electron chi connectivity index (χ0n) is 14.5. The monoisotopic (exact) mass is 298 g/mol. The highest BCUT2D eigenvalue weighted by atomic mass is 15.2. The van der Waals surface area contributed by atoms with Gasteiger partial charge in [-0.25, -0.2) is 0 Å².